The van der Waals surface area contributed by atoms with E-state index in [0.717, 1.165) is 12.5 Å². The Morgan fingerprint density at radius 3 is 2.65 bits per heavy atom. The highest BCUT2D eigenvalue weighted by Crippen LogP contribution is 2.39. The second-order valence-corrected chi connectivity index (χ2v) is 6.74. The Balaban J connectivity index is 2.18. The highest BCUT2D eigenvalue weighted by atomic mass is 16.5. The van der Waals surface area contributed by atoms with E-state index in [1.165, 1.54) is 32.1 Å². The number of hydrogen-bond donors (Lipinski definition) is 1. The Morgan fingerprint density at radius 2 is 2.06 bits per heavy atom. The summed E-state index contributed by atoms with van der Waals surface area (Å²) in [5.74, 6) is 0.819. The fourth-order valence-corrected chi connectivity index (χ4v) is 3.17. The number of nitrogens with one attached hydrogen (secondary N) is 1. The first kappa shape index (κ1) is 15.0. The van der Waals surface area contributed by atoms with Crippen LogP contribution in [-0.4, -0.2) is 25.8 Å². The molecule has 1 fully saturated rings. The molecule has 0 bridgehead atoms. The van der Waals surface area contributed by atoms with Crippen LogP contribution in [0.3, 0.4) is 0 Å². The van der Waals surface area contributed by atoms with E-state index < -0.39 is 0 Å². The van der Waals surface area contributed by atoms with Gasteiger partial charge in [-0.3, -0.25) is 0 Å². The van der Waals surface area contributed by atoms with Gasteiger partial charge in [0, 0.05) is 12.6 Å². The lowest BCUT2D eigenvalue weighted by molar-refractivity contribution is -0.0243. The van der Waals surface area contributed by atoms with E-state index in [4.69, 9.17) is 4.74 Å². The monoisotopic (exact) mass is 241 g/mol. The van der Waals surface area contributed by atoms with Gasteiger partial charge in [0.05, 0.1) is 6.10 Å². The Hall–Kier alpha value is -0.0800. The third-order valence-electron chi connectivity index (χ3n) is 3.97. The van der Waals surface area contributed by atoms with Gasteiger partial charge < -0.3 is 10.1 Å². The van der Waals surface area contributed by atoms with Gasteiger partial charge in [-0.25, -0.2) is 0 Å². The summed E-state index contributed by atoms with van der Waals surface area (Å²) in [4.78, 5) is 0. The molecule has 2 nitrogen and oxygen atoms in total. The molecule has 0 radical (unpaired) electrons. The summed E-state index contributed by atoms with van der Waals surface area (Å²) >= 11 is 0. The van der Waals surface area contributed by atoms with Crippen molar-refractivity contribution < 1.29 is 4.74 Å². The van der Waals surface area contributed by atoms with E-state index in [0.29, 0.717) is 17.6 Å². The maximum absolute atomic E-state index is 6.06. The van der Waals surface area contributed by atoms with Gasteiger partial charge in [-0.05, 0) is 57.4 Å². The van der Waals surface area contributed by atoms with Gasteiger partial charge in [-0.15, -0.1) is 0 Å². The minimum Gasteiger partial charge on any atom is -0.378 e. The Bertz CT molecular complexity index is 215. The summed E-state index contributed by atoms with van der Waals surface area (Å²) in [6, 6.07) is 0.611. The fourth-order valence-electron chi connectivity index (χ4n) is 3.17. The first-order valence-electron chi connectivity index (χ1n) is 7.22. The van der Waals surface area contributed by atoms with Crippen LogP contribution in [0, 0.1) is 11.3 Å². The molecule has 0 aromatic carbocycles. The smallest absolute Gasteiger partial charge is 0.0582 e. The zero-order chi connectivity index (χ0) is 12.9. The second-order valence-electron chi connectivity index (χ2n) is 6.74. The predicted octanol–water partition coefficient (Wildman–Crippen LogP) is 3.61. The van der Waals surface area contributed by atoms with Crippen LogP contribution in [-0.2, 0) is 4.74 Å². The van der Waals surface area contributed by atoms with E-state index in [9.17, 15) is 0 Å². The molecule has 1 rings (SSSR count). The average molecular weight is 241 g/mol. The Kier molecular flexibility index (Phi) is 5.94. The Morgan fingerprint density at radius 1 is 1.35 bits per heavy atom. The van der Waals surface area contributed by atoms with Crippen LogP contribution >= 0.6 is 0 Å². The normalized spacial score (nSPS) is 30.2. The van der Waals surface area contributed by atoms with Crippen molar-refractivity contribution in [1.82, 2.24) is 5.32 Å². The fraction of sp³-hybridized carbons (Fsp3) is 1.00. The molecule has 0 aliphatic heterocycles. The van der Waals surface area contributed by atoms with Crippen LogP contribution < -0.4 is 5.32 Å². The molecule has 0 heterocycles. The third kappa shape index (κ3) is 5.87. The van der Waals surface area contributed by atoms with Crippen molar-refractivity contribution in [2.24, 2.45) is 11.3 Å². The molecule has 17 heavy (non-hydrogen) atoms. The molecule has 1 aliphatic carbocycles. The van der Waals surface area contributed by atoms with Gasteiger partial charge in [0.15, 0.2) is 0 Å². The summed E-state index contributed by atoms with van der Waals surface area (Å²) in [5.41, 5.74) is 0.473. The highest BCUT2D eigenvalue weighted by molar-refractivity contribution is 4.83. The molecule has 1 aliphatic rings. The molecule has 102 valence electrons. The largest absolute Gasteiger partial charge is 0.378 e. The van der Waals surface area contributed by atoms with E-state index in [2.05, 4.69) is 33.0 Å². The number of rotatable bonds is 6. The topological polar surface area (TPSA) is 21.3 Å². The lowest BCUT2D eigenvalue weighted by Gasteiger charge is -2.38. The molecule has 1 saturated carbocycles. The highest BCUT2D eigenvalue weighted by Gasteiger charge is 2.32. The minimum absolute atomic E-state index is 0.473. The van der Waals surface area contributed by atoms with E-state index in [-0.39, 0.29) is 0 Å². The van der Waals surface area contributed by atoms with Crippen LogP contribution in [0.5, 0.6) is 0 Å². The molecule has 0 aromatic rings. The maximum Gasteiger partial charge on any atom is 0.0582 e. The molecule has 0 aromatic heterocycles. The van der Waals surface area contributed by atoms with Crippen molar-refractivity contribution >= 4 is 0 Å². The van der Waals surface area contributed by atoms with Crippen LogP contribution in [0.1, 0.15) is 59.8 Å². The van der Waals surface area contributed by atoms with Crippen LogP contribution in [0.2, 0.25) is 0 Å². The summed E-state index contributed by atoms with van der Waals surface area (Å²) in [7, 11) is 2.02. The first-order chi connectivity index (χ1) is 7.93. The molecule has 1 N–H and O–H groups in total. The Labute approximate surface area is 108 Å². The zero-order valence-corrected chi connectivity index (χ0v) is 12.4. The minimum atomic E-state index is 0.473. The summed E-state index contributed by atoms with van der Waals surface area (Å²) in [6.45, 7) is 10.3. The zero-order valence-electron chi connectivity index (χ0n) is 12.4. The predicted molar refractivity (Wildman–Crippen MR) is 74.3 cm³/mol. The van der Waals surface area contributed by atoms with Crippen LogP contribution in [0.4, 0.5) is 0 Å². The number of ether oxygens (including phenoxy) is 1. The maximum atomic E-state index is 6.06. The van der Waals surface area contributed by atoms with Crippen LogP contribution in [0.15, 0.2) is 0 Å². The van der Waals surface area contributed by atoms with Gasteiger partial charge >= 0.3 is 0 Å². The molecular formula is C15H31NO. The van der Waals surface area contributed by atoms with Gasteiger partial charge in [-0.1, -0.05) is 20.8 Å². The van der Waals surface area contributed by atoms with Gasteiger partial charge in [0.1, 0.15) is 0 Å². The third-order valence-corrected chi connectivity index (χ3v) is 3.97. The molecule has 0 amide bonds. The molecule has 3 unspecified atom stereocenters. The molecular weight excluding hydrogens is 210 g/mol. The molecule has 0 spiro atoms. The standard InChI is InChI=1S/C15H31NO/c1-12-9-14(11-15(3,4)10-12)17-8-6-7-13(2)16-5/h12-14,16H,6-11H2,1-5H3. The average Bonchev–Trinajstić information content (AvgIpc) is 2.21. The van der Waals surface area contributed by atoms with Crippen molar-refractivity contribution in [3.8, 4) is 0 Å². The summed E-state index contributed by atoms with van der Waals surface area (Å²) in [5, 5.41) is 3.27. The van der Waals surface area contributed by atoms with E-state index >= 15 is 0 Å². The SMILES string of the molecule is CNC(C)CCCOC1CC(C)CC(C)(C)C1. The quantitative estimate of drug-likeness (QED) is 0.717. The van der Waals surface area contributed by atoms with E-state index in [1.807, 2.05) is 7.05 Å². The van der Waals surface area contributed by atoms with Gasteiger partial charge in [0.2, 0.25) is 0 Å². The molecule has 0 saturated heterocycles. The molecule has 2 heteroatoms. The molecule has 3 atom stereocenters. The van der Waals surface area contributed by atoms with Crippen molar-refractivity contribution in [1.29, 1.82) is 0 Å². The number of hydrogen-bond acceptors (Lipinski definition) is 2. The van der Waals surface area contributed by atoms with Gasteiger partial charge in [-0.2, -0.15) is 0 Å². The van der Waals surface area contributed by atoms with Crippen molar-refractivity contribution in [2.45, 2.75) is 71.9 Å². The lowest BCUT2D eigenvalue weighted by atomic mass is 9.71. The van der Waals surface area contributed by atoms with Crippen molar-refractivity contribution in [2.75, 3.05) is 13.7 Å². The lowest BCUT2D eigenvalue weighted by Crippen LogP contribution is -2.33. The first-order valence-corrected chi connectivity index (χ1v) is 7.22. The summed E-state index contributed by atoms with van der Waals surface area (Å²) in [6.07, 6.45) is 6.72. The van der Waals surface area contributed by atoms with Crippen LogP contribution in [0.25, 0.3) is 0 Å². The summed E-state index contributed by atoms with van der Waals surface area (Å²) < 4.78 is 6.06. The van der Waals surface area contributed by atoms with E-state index in [1.54, 1.807) is 0 Å². The van der Waals surface area contributed by atoms with Crippen molar-refractivity contribution in [3.05, 3.63) is 0 Å². The van der Waals surface area contributed by atoms with Crippen molar-refractivity contribution in [3.63, 3.8) is 0 Å². The van der Waals surface area contributed by atoms with Gasteiger partial charge in [0.25, 0.3) is 0 Å². The second kappa shape index (κ2) is 6.75.